The summed E-state index contributed by atoms with van der Waals surface area (Å²) in [4.78, 5) is 24.9. The highest BCUT2D eigenvalue weighted by Crippen LogP contribution is 2.35. The van der Waals surface area contributed by atoms with Gasteiger partial charge in [0, 0.05) is 50.0 Å². The van der Waals surface area contributed by atoms with Gasteiger partial charge in [0.2, 0.25) is 0 Å². The Morgan fingerprint density at radius 2 is 1.00 bits per heavy atom. The zero-order valence-electron chi connectivity index (χ0n) is 24.7. The summed E-state index contributed by atoms with van der Waals surface area (Å²) in [7, 11) is 0. The first-order valence-corrected chi connectivity index (χ1v) is 15.3. The van der Waals surface area contributed by atoms with Gasteiger partial charge in [-0.2, -0.15) is 0 Å². The van der Waals surface area contributed by atoms with Crippen molar-refractivity contribution in [3.63, 3.8) is 0 Å². The van der Waals surface area contributed by atoms with Crippen LogP contribution < -0.4 is 0 Å². The van der Waals surface area contributed by atoms with E-state index >= 15 is 0 Å². The molecule has 0 aliphatic heterocycles. The first-order valence-electron chi connectivity index (χ1n) is 15.3. The fourth-order valence-electron chi connectivity index (χ4n) is 6.21. The highest BCUT2D eigenvalue weighted by Gasteiger charge is 2.15. The molecule has 4 aromatic heterocycles. The standard InChI is InChI=1S/C41H25N5/c1-3-10-26(11-4-1)34-25-35(45-41(44-34)30-12-5-2-6-13-30)27-17-19-29(20-18-27)37-32-15-7-8-16-33(32)40-36(43-37)24-31-22-21-28-14-9-23-42-38(28)39(31)46-40/h1-25H. The quantitative estimate of drug-likeness (QED) is 0.151. The Labute approximate surface area is 264 Å². The summed E-state index contributed by atoms with van der Waals surface area (Å²) in [6.45, 7) is 0. The smallest absolute Gasteiger partial charge is 0.160 e. The van der Waals surface area contributed by atoms with Crippen LogP contribution in [0.5, 0.6) is 0 Å². The molecule has 0 unspecified atom stereocenters. The predicted molar refractivity (Wildman–Crippen MR) is 187 cm³/mol. The minimum Gasteiger partial charge on any atom is -0.254 e. The Morgan fingerprint density at radius 1 is 0.370 bits per heavy atom. The summed E-state index contributed by atoms with van der Waals surface area (Å²) < 4.78 is 0. The van der Waals surface area contributed by atoms with Crippen LogP contribution in [0.25, 0.3) is 88.8 Å². The second kappa shape index (κ2) is 10.7. The molecule has 46 heavy (non-hydrogen) atoms. The Balaban J connectivity index is 1.18. The average molecular weight is 588 g/mol. The molecule has 0 fully saturated rings. The van der Waals surface area contributed by atoms with Crippen molar-refractivity contribution in [2.45, 2.75) is 0 Å². The zero-order valence-corrected chi connectivity index (χ0v) is 24.7. The number of aromatic nitrogens is 5. The van der Waals surface area contributed by atoms with Gasteiger partial charge in [0.15, 0.2) is 5.82 Å². The third-order valence-corrected chi connectivity index (χ3v) is 8.49. The molecular weight excluding hydrogens is 562 g/mol. The van der Waals surface area contributed by atoms with Crippen molar-refractivity contribution in [3.8, 4) is 45.2 Å². The van der Waals surface area contributed by atoms with E-state index in [4.69, 9.17) is 19.9 Å². The average Bonchev–Trinajstić information content (AvgIpc) is 3.14. The molecule has 0 saturated carbocycles. The Kier molecular flexibility index (Phi) is 6.06. The predicted octanol–water partition coefficient (Wildman–Crippen LogP) is 9.94. The van der Waals surface area contributed by atoms with Crippen LogP contribution in [0.3, 0.4) is 0 Å². The fourth-order valence-corrected chi connectivity index (χ4v) is 6.21. The number of hydrogen-bond acceptors (Lipinski definition) is 5. The zero-order chi connectivity index (χ0) is 30.5. The largest absolute Gasteiger partial charge is 0.254 e. The summed E-state index contributed by atoms with van der Waals surface area (Å²) in [6, 6.07) is 49.7. The molecule has 5 heteroatoms. The normalized spacial score (nSPS) is 11.5. The first-order chi connectivity index (χ1) is 22.8. The van der Waals surface area contributed by atoms with Crippen molar-refractivity contribution >= 4 is 43.6 Å². The van der Waals surface area contributed by atoms with Gasteiger partial charge in [0.25, 0.3) is 0 Å². The van der Waals surface area contributed by atoms with E-state index in [1.807, 2.05) is 60.8 Å². The van der Waals surface area contributed by atoms with Crippen LogP contribution in [0.1, 0.15) is 0 Å². The van der Waals surface area contributed by atoms with Gasteiger partial charge < -0.3 is 0 Å². The van der Waals surface area contributed by atoms with Gasteiger partial charge in [-0.1, -0.05) is 127 Å². The molecule has 0 aliphatic rings. The molecule has 0 N–H and O–H groups in total. The Bertz CT molecular complexity index is 2510. The highest BCUT2D eigenvalue weighted by atomic mass is 14.9. The summed E-state index contributed by atoms with van der Waals surface area (Å²) in [5, 5.41) is 4.22. The maximum atomic E-state index is 5.21. The van der Waals surface area contributed by atoms with Crippen molar-refractivity contribution in [2.24, 2.45) is 0 Å². The van der Waals surface area contributed by atoms with Crippen LogP contribution >= 0.6 is 0 Å². The third-order valence-electron chi connectivity index (χ3n) is 8.49. The minimum atomic E-state index is 0.700. The van der Waals surface area contributed by atoms with Gasteiger partial charge in [-0.3, -0.25) is 4.98 Å². The molecule has 9 rings (SSSR count). The van der Waals surface area contributed by atoms with E-state index in [2.05, 4.69) is 96.0 Å². The van der Waals surface area contributed by atoms with Crippen LogP contribution in [0, 0.1) is 0 Å². The van der Waals surface area contributed by atoms with Gasteiger partial charge in [-0.05, 0) is 18.2 Å². The van der Waals surface area contributed by atoms with Crippen molar-refractivity contribution in [1.29, 1.82) is 0 Å². The molecule has 9 aromatic rings. The van der Waals surface area contributed by atoms with Gasteiger partial charge >= 0.3 is 0 Å². The highest BCUT2D eigenvalue weighted by molar-refractivity contribution is 6.14. The van der Waals surface area contributed by atoms with E-state index in [1.165, 1.54) is 0 Å². The van der Waals surface area contributed by atoms with Gasteiger partial charge in [-0.25, -0.2) is 19.9 Å². The molecule has 5 aromatic carbocycles. The SMILES string of the molecule is c1ccc(-c2cc(-c3ccc(-c4nc5cc6ccc7cccnc7c6nc5c5ccccc45)cc3)nc(-c3ccccc3)n2)cc1. The van der Waals surface area contributed by atoms with Gasteiger partial charge in [0.1, 0.15) is 0 Å². The lowest BCUT2D eigenvalue weighted by atomic mass is 9.99. The number of fused-ring (bicyclic) bond motifs is 6. The van der Waals surface area contributed by atoms with E-state index in [1.54, 1.807) is 0 Å². The summed E-state index contributed by atoms with van der Waals surface area (Å²) in [6.07, 6.45) is 1.82. The molecule has 0 atom stereocenters. The number of hydrogen-bond donors (Lipinski definition) is 0. The van der Waals surface area contributed by atoms with Crippen LogP contribution in [-0.4, -0.2) is 24.9 Å². The number of pyridine rings is 3. The molecular formula is C41H25N5. The van der Waals surface area contributed by atoms with E-state index in [9.17, 15) is 0 Å². The molecule has 0 spiro atoms. The monoisotopic (exact) mass is 587 g/mol. The summed E-state index contributed by atoms with van der Waals surface area (Å²) >= 11 is 0. The molecule has 5 nitrogen and oxygen atoms in total. The molecule has 0 saturated heterocycles. The molecule has 0 amide bonds. The number of nitrogens with zero attached hydrogens (tertiary/aromatic N) is 5. The van der Waals surface area contributed by atoms with Crippen molar-refractivity contribution in [2.75, 3.05) is 0 Å². The van der Waals surface area contributed by atoms with Crippen molar-refractivity contribution in [1.82, 2.24) is 24.9 Å². The lowest BCUT2D eigenvalue weighted by Gasteiger charge is -2.12. The third kappa shape index (κ3) is 4.45. The van der Waals surface area contributed by atoms with E-state index in [-0.39, 0.29) is 0 Å². The second-order valence-electron chi connectivity index (χ2n) is 11.3. The van der Waals surface area contributed by atoms with Crippen LogP contribution in [-0.2, 0) is 0 Å². The van der Waals surface area contributed by atoms with Crippen molar-refractivity contribution in [3.05, 3.63) is 152 Å². The van der Waals surface area contributed by atoms with Crippen molar-refractivity contribution < 1.29 is 0 Å². The lowest BCUT2D eigenvalue weighted by molar-refractivity contribution is 1.18. The fraction of sp³-hybridized carbons (Fsp3) is 0. The summed E-state index contributed by atoms with van der Waals surface area (Å²) in [5.74, 6) is 0.700. The maximum Gasteiger partial charge on any atom is 0.160 e. The maximum absolute atomic E-state index is 5.21. The van der Waals surface area contributed by atoms with Crippen LogP contribution in [0.15, 0.2) is 152 Å². The Morgan fingerprint density at radius 3 is 1.76 bits per heavy atom. The lowest BCUT2D eigenvalue weighted by Crippen LogP contribution is -1.96. The van der Waals surface area contributed by atoms with E-state index < -0.39 is 0 Å². The number of rotatable bonds is 4. The molecule has 0 aliphatic carbocycles. The molecule has 4 heterocycles. The van der Waals surface area contributed by atoms with Crippen LogP contribution in [0.4, 0.5) is 0 Å². The van der Waals surface area contributed by atoms with Gasteiger partial charge in [0.05, 0.1) is 39.1 Å². The minimum absolute atomic E-state index is 0.700. The van der Waals surface area contributed by atoms with Gasteiger partial charge in [-0.15, -0.1) is 0 Å². The van der Waals surface area contributed by atoms with E-state index in [0.29, 0.717) is 5.82 Å². The van der Waals surface area contributed by atoms with E-state index in [0.717, 1.165) is 82.9 Å². The molecule has 0 bridgehead atoms. The first kappa shape index (κ1) is 26.1. The Hall–Kier alpha value is -6.33. The number of benzene rings is 5. The molecule has 214 valence electrons. The second-order valence-corrected chi connectivity index (χ2v) is 11.3. The van der Waals surface area contributed by atoms with Crippen LogP contribution in [0.2, 0.25) is 0 Å². The summed E-state index contributed by atoms with van der Waals surface area (Å²) in [5.41, 5.74) is 10.3. The topological polar surface area (TPSA) is 64.5 Å². The molecule has 0 radical (unpaired) electrons.